The minimum Gasteiger partial charge on any atom is -0.396 e. The number of hydrogen-bond donors (Lipinski definition) is 1. The van der Waals surface area contributed by atoms with E-state index < -0.39 is 36.8 Å². The van der Waals surface area contributed by atoms with E-state index in [0.717, 1.165) is 0 Å². The van der Waals surface area contributed by atoms with Crippen molar-refractivity contribution < 1.29 is 17.2 Å². The second-order valence-electron chi connectivity index (χ2n) is 2.47. The van der Waals surface area contributed by atoms with Crippen LogP contribution in [0.3, 0.4) is 0 Å². The second kappa shape index (κ2) is 4.07. The van der Waals surface area contributed by atoms with Gasteiger partial charge in [-0.15, -0.1) is 0 Å². The molecular formula is C6H4Cl2F2N2O2S. The van der Waals surface area contributed by atoms with Gasteiger partial charge in [0.2, 0.25) is 0 Å². The molecule has 2 N–H and O–H groups in total. The summed E-state index contributed by atoms with van der Waals surface area (Å²) in [7, 11) is 0.831. The quantitative estimate of drug-likeness (QED) is 0.841. The van der Waals surface area contributed by atoms with Gasteiger partial charge in [0.05, 0.1) is 10.7 Å². The third-order valence-corrected chi connectivity index (χ3v) is 3.26. The summed E-state index contributed by atoms with van der Waals surface area (Å²) in [6.07, 6.45) is -2.29. The molecule has 0 fully saturated rings. The first-order valence-electron chi connectivity index (χ1n) is 3.42. The fourth-order valence-electron chi connectivity index (χ4n) is 0.847. The number of anilines is 1. The number of hydrogen-bond acceptors (Lipinski definition) is 4. The van der Waals surface area contributed by atoms with E-state index in [2.05, 4.69) is 4.98 Å². The molecule has 1 heterocycles. The Morgan fingerprint density at radius 1 is 1.47 bits per heavy atom. The molecule has 1 rings (SSSR count). The van der Waals surface area contributed by atoms with Crippen molar-refractivity contribution in [2.45, 2.75) is 11.3 Å². The summed E-state index contributed by atoms with van der Waals surface area (Å²) in [5, 5.41) is -0.605. The van der Waals surface area contributed by atoms with Crippen LogP contribution < -0.4 is 5.73 Å². The molecule has 0 bridgehead atoms. The molecule has 0 atom stereocenters. The van der Waals surface area contributed by atoms with Crippen LogP contribution in [0.1, 0.15) is 12.1 Å². The monoisotopic (exact) mass is 276 g/mol. The molecule has 0 aliphatic rings. The molecule has 0 aliphatic carbocycles. The highest BCUT2D eigenvalue weighted by Crippen LogP contribution is 2.34. The van der Waals surface area contributed by atoms with E-state index in [4.69, 9.17) is 28.0 Å². The lowest BCUT2D eigenvalue weighted by Crippen LogP contribution is -2.03. The first-order valence-corrected chi connectivity index (χ1v) is 6.10. The molecule has 0 unspecified atom stereocenters. The molecule has 15 heavy (non-hydrogen) atoms. The number of nitrogens with zero attached hydrogens (tertiary/aromatic N) is 1. The van der Waals surface area contributed by atoms with Gasteiger partial charge in [0, 0.05) is 16.9 Å². The number of nitrogens with two attached hydrogens (primary N) is 1. The molecular weight excluding hydrogens is 273 g/mol. The molecule has 84 valence electrons. The Hall–Kier alpha value is -0.660. The van der Waals surface area contributed by atoms with E-state index in [9.17, 15) is 17.2 Å². The van der Waals surface area contributed by atoms with Gasteiger partial charge in [-0.05, 0) is 0 Å². The van der Waals surface area contributed by atoms with Crippen molar-refractivity contribution in [3.8, 4) is 0 Å². The van der Waals surface area contributed by atoms with Gasteiger partial charge >= 0.3 is 0 Å². The molecule has 1 aromatic rings. The van der Waals surface area contributed by atoms with Gasteiger partial charge in [-0.25, -0.2) is 17.2 Å². The van der Waals surface area contributed by atoms with Crippen LogP contribution in [0.15, 0.2) is 11.1 Å². The molecule has 0 amide bonds. The summed E-state index contributed by atoms with van der Waals surface area (Å²) in [5.41, 5.74) is 3.93. The van der Waals surface area contributed by atoms with Crippen LogP contribution in [-0.4, -0.2) is 13.4 Å². The highest BCUT2D eigenvalue weighted by Gasteiger charge is 2.23. The Kier molecular flexibility index (Phi) is 3.37. The zero-order valence-electron chi connectivity index (χ0n) is 6.92. The molecule has 4 nitrogen and oxygen atoms in total. The summed E-state index contributed by atoms with van der Waals surface area (Å²) in [6.45, 7) is 0. The van der Waals surface area contributed by atoms with Gasteiger partial charge in [0.15, 0.2) is 0 Å². The zero-order valence-corrected chi connectivity index (χ0v) is 9.24. The van der Waals surface area contributed by atoms with Gasteiger partial charge in [-0.1, -0.05) is 11.6 Å². The van der Waals surface area contributed by atoms with Crippen molar-refractivity contribution in [2.24, 2.45) is 0 Å². The maximum Gasteiger partial charge on any atom is 0.281 e. The number of halogens is 4. The van der Waals surface area contributed by atoms with Crippen molar-refractivity contribution in [2.75, 3.05) is 5.73 Å². The van der Waals surface area contributed by atoms with Gasteiger partial charge < -0.3 is 5.73 Å². The van der Waals surface area contributed by atoms with E-state index in [1.165, 1.54) is 0 Å². The van der Waals surface area contributed by atoms with Crippen molar-refractivity contribution in [3.05, 3.63) is 16.9 Å². The molecule has 0 radical (unpaired) electrons. The number of alkyl halides is 2. The molecule has 0 spiro atoms. The number of pyridine rings is 1. The lowest BCUT2D eigenvalue weighted by Gasteiger charge is -2.07. The van der Waals surface area contributed by atoms with E-state index in [1.54, 1.807) is 0 Å². The largest absolute Gasteiger partial charge is 0.396 e. The first kappa shape index (κ1) is 12.4. The Morgan fingerprint density at radius 2 is 2.00 bits per heavy atom. The SMILES string of the molecule is Nc1c(S(=O)(=O)Cl)cnc(C(F)F)c1Cl. The molecule has 0 saturated heterocycles. The van der Waals surface area contributed by atoms with Crippen molar-refractivity contribution in [1.29, 1.82) is 0 Å². The predicted molar refractivity (Wildman–Crippen MR) is 51.7 cm³/mol. The van der Waals surface area contributed by atoms with Gasteiger partial charge in [-0.2, -0.15) is 0 Å². The third-order valence-electron chi connectivity index (χ3n) is 1.52. The highest BCUT2D eigenvalue weighted by atomic mass is 35.7. The van der Waals surface area contributed by atoms with Crippen LogP contribution >= 0.6 is 22.3 Å². The normalized spacial score (nSPS) is 12.1. The standard InChI is InChI=1S/C6H4Cl2F2N2O2S/c7-3-4(11)2(15(8,13)14)1-12-5(3)6(9)10/h1,6H,(H2,11,12). The lowest BCUT2D eigenvalue weighted by atomic mass is 10.3. The summed E-state index contributed by atoms with van der Waals surface area (Å²) < 4.78 is 46.3. The molecule has 0 aromatic carbocycles. The summed E-state index contributed by atoms with van der Waals surface area (Å²) >= 11 is 5.41. The molecule has 1 aromatic heterocycles. The summed E-state index contributed by atoms with van der Waals surface area (Å²) in [5.74, 6) is 0. The minimum absolute atomic E-state index is 0.531. The fourth-order valence-corrected chi connectivity index (χ4v) is 2.05. The third kappa shape index (κ3) is 2.47. The molecule has 0 aliphatic heterocycles. The van der Waals surface area contributed by atoms with Gasteiger partial charge in [-0.3, -0.25) is 4.98 Å². The van der Waals surface area contributed by atoms with Crippen LogP contribution in [-0.2, 0) is 9.05 Å². The Balaban J connectivity index is 3.48. The number of nitrogen functional groups attached to an aromatic ring is 1. The predicted octanol–water partition coefficient (Wildman–Crippen LogP) is 2.18. The molecule has 9 heteroatoms. The van der Waals surface area contributed by atoms with E-state index in [1.807, 2.05) is 0 Å². The molecule has 0 saturated carbocycles. The number of rotatable bonds is 2. The zero-order chi connectivity index (χ0) is 11.8. The van der Waals surface area contributed by atoms with E-state index in [-0.39, 0.29) is 0 Å². The second-order valence-corrected chi connectivity index (χ2v) is 5.39. The Labute approximate surface area is 93.4 Å². The fraction of sp³-hybridized carbons (Fsp3) is 0.167. The van der Waals surface area contributed by atoms with Crippen LogP contribution in [0.5, 0.6) is 0 Å². The van der Waals surface area contributed by atoms with E-state index in [0.29, 0.717) is 6.20 Å². The first-order chi connectivity index (χ1) is 6.75. The van der Waals surface area contributed by atoms with Crippen molar-refractivity contribution in [3.63, 3.8) is 0 Å². The van der Waals surface area contributed by atoms with E-state index >= 15 is 0 Å². The average molecular weight is 277 g/mol. The average Bonchev–Trinajstić information content (AvgIpc) is 2.06. The smallest absolute Gasteiger partial charge is 0.281 e. The maximum atomic E-state index is 12.3. The van der Waals surface area contributed by atoms with Crippen LogP contribution in [0.4, 0.5) is 14.5 Å². The highest BCUT2D eigenvalue weighted by molar-refractivity contribution is 8.13. The van der Waals surface area contributed by atoms with Crippen molar-refractivity contribution in [1.82, 2.24) is 4.98 Å². The van der Waals surface area contributed by atoms with Crippen LogP contribution in [0.2, 0.25) is 5.02 Å². The van der Waals surface area contributed by atoms with Crippen LogP contribution in [0, 0.1) is 0 Å². The number of aromatic nitrogens is 1. The maximum absolute atomic E-state index is 12.3. The van der Waals surface area contributed by atoms with Gasteiger partial charge in [0.1, 0.15) is 10.6 Å². The Morgan fingerprint density at radius 3 is 2.40 bits per heavy atom. The summed E-state index contributed by atoms with van der Waals surface area (Å²) in [6, 6.07) is 0. The van der Waals surface area contributed by atoms with Gasteiger partial charge in [0.25, 0.3) is 15.5 Å². The lowest BCUT2D eigenvalue weighted by molar-refractivity contribution is 0.146. The van der Waals surface area contributed by atoms with Crippen molar-refractivity contribution >= 4 is 37.0 Å². The van der Waals surface area contributed by atoms with Crippen LogP contribution in [0.25, 0.3) is 0 Å². The Bertz CT molecular complexity index is 492. The topological polar surface area (TPSA) is 73.1 Å². The summed E-state index contributed by atoms with van der Waals surface area (Å²) in [4.78, 5) is 2.59. The minimum atomic E-state index is -4.14.